The number of hydrogen-bond acceptors (Lipinski definition) is 3. The molecule has 0 atom stereocenters. The van der Waals surface area contributed by atoms with Gasteiger partial charge in [-0.3, -0.25) is 4.79 Å². The Labute approximate surface area is 157 Å². The molecule has 0 aliphatic carbocycles. The van der Waals surface area contributed by atoms with Crippen molar-refractivity contribution in [2.24, 2.45) is 0 Å². The molecule has 0 amide bonds. The molecule has 0 saturated carbocycles. The average molecular weight is 354 g/mol. The van der Waals surface area contributed by atoms with Gasteiger partial charge in [-0.2, -0.15) is 0 Å². The number of benzene rings is 2. The molecule has 26 heavy (non-hydrogen) atoms. The Bertz CT molecular complexity index is 788. The molecular weight excluding hydrogens is 324 g/mol. The fourth-order valence-electron chi connectivity index (χ4n) is 3.22. The lowest BCUT2D eigenvalue weighted by Crippen LogP contribution is -2.08. The quantitative estimate of drug-likeness (QED) is 0.713. The van der Waals surface area contributed by atoms with Crippen LogP contribution in [0.25, 0.3) is 0 Å². The maximum absolute atomic E-state index is 11.2. The van der Waals surface area contributed by atoms with Crippen molar-refractivity contribution in [3.05, 3.63) is 58.1 Å². The molecule has 0 aliphatic rings. The summed E-state index contributed by atoms with van der Waals surface area (Å²) in [6.45, 7) is 12.2. The van der Waals surface area contributed by atoms with Crippen molar-refractivity contribution in [2.75, 3.05) is 6.61 Å². The summed E-state index contributed by atoms with van der Waals surface area (Å²) in [5.41, 5.74) is 5.86. The Kier molecular flexibility index (Phi) is 6.47. The molecule has 0 fully saturated rings. The van der Waals surface area contributed by atoms with E-state index in [1.165, 1.54) is 23.6 Å². The first-order valence-corrected chi connectivity index (χ1v) is 9.26. The van der Waals surface area contributed by atoms with E-state index < -0.39 is 0 Å². The van der Waals surface area contributed by atoms with Gasteiger partial charge in [0.1, 0.15) is 18.1 Å². The third-order valence-corrected chi connectivity index (χ3v) is 4.64. The highest BCUT2D eigenvalue weighted by Gasteiger charge is 2.15. The van der Waals surface area contributed by atoms with E-state index in [0.717, 1.165) is 23.3 Å². The maximum atomic E-state index is 11.2. The summed E-state index contributed by atoms with van der Waals surface area (Å²) in [4.78, 5) is 11.2. The summed E-state index contributed by atoms with van der Waals surface area (Å²) in [5.74, 6) is 1.76. The van der Waals surface area contributed by atoms with Gasteiger partial charge in [0.2, 0.25) is 0 Å². The average Bonchev–Trinajstić information content (AvgIpc) is 2.55. The SMILES string of the molecule is CC(=O)COc1cc(C)c(Cc2ccc(O)c(C(C)C)c2)c(C(C)C)c1. The second kappa shape index (κ2) is 8.39. The van der Waals surface area contributed by atoms with Crippen LogP contribution in [0.3, 0.4) is 0 Å². The third-order valence-electron chi connectivity index (χ3n) is 4.64. The van der Waals surface area contributed by atoms with Gasteiger partial charge in [-0.15, -0.1) is 0 Å². The van der Waals surface area contributed by atoms with Crippen LogP contribution in [0.15, 0.2) is 30.3 Å². The topological polar surface area (TPSA) is 46.5 Å². The van der Waals surface area contributed by atoms with Crippen LogP contribution in [0.5, 0.6) is 11.5 Å². The van der Waals surface area contributed by atoms with Crippen LogP contribution in [0.1, 0.15) is 74.3 Å². The Morgan fingerprint density at radius 1 is 1.04 bits per heavy atom. The van der Waals surface area contributed by atoms with E-state index in [1.54, 1.807) is 6.07 Å². The lowest BCUT2D eigenvalue weighted by atomic mass is 9.88. The molecule has 3 nitrogen and oxygen atoms in total. The normalized spacial score (nSPS) is 11.2. The Morgan fingerprint density at radius 3 is 2.27 bits per heavy atom. The first-order valence-electron chi connectivity index (χ1n) is 9.26. The number of rotatable bonds is 7. The minimum Gasteiger partial charge on any atom is -0.508 e. The van der Waals surface area contributed by atoms with Crippen LogP contribution in [-0.2, 0) is 11.2 Å². The molecule has 3 heteroatoms. The predicted molar refractivity (Wildman–Crippen MR) is 106 cm³/mol. The zero-order valence-corrected chi connectivity index (χ0v) is 16.7. The number of phenolic OH excluding ortho intramolecular Hbond substituents is 1. The highest BCUT2D eigenvalue weighted by Crippen LogP contribution is 2.32. The van der Waals surface area contributed by atoms with Gasteiger partial charge < -0.3 is 9.84 Å². The van der Waals surface area contributed by atoms with Crippen LogP contribution in [0.4, 0.5) is 0 Å². The largest absolute Gasteiger partial charge is 0.508 e. The number of aromatic hydroxyl groups is 1. The summed E-state index contributed by atoms with van der Waals surface area (Å²) in [6.07, 6.45) is 0.812. The van der Waals surface area contributed by atoms with Gasteiger partial charge >= 0.3 is 0 Å². The van der Waals surface area contributed by atoms with E-state index in [0.29, 0.717) is 11.7 Å². The van der Waals surface area contributed by atoms with Crippen LogP contribution >= 0.6 is 0 Å². The van der Waals surface area contributed by atoms with Gasteiger partial charge in [-0.25, -0.2) is 0 Å². The Balaban J connectivity index is 2.39. The third kappa shape index (κ3) is 4.87. The standard InChI is InChI=1S/C23H30O3/c1-14(2)20-12-19(26-13-17(6)24)9-16(5)22(20)11-18-7-8-23(25)21(10-18)15(3)4/h7-10,12,14-15,25H,11,13H2,1-6H3. The number of aryl methyl sites for hydroxylation is 1. The van der Waals surface area contributed by atoms with Crippen molar-refractivity contribution in [1.82, 2.24) is 0 Å². The monoisotopic (exact) mass is 354 g/mol. The summed E-state index contributed by atoms with van der Waals surface area (Å²) in [5, 5.41) is 10.1. The first-order chi connectivity index (χ1) is 12.2. The molecule has 0 heterocycles. The van der Waals surface area contributed by atoms with Crippen molar-refractivity contribution in [2.45, 2.75) is 59.8 Å². The molecule has 2 rings (SSSR count). The molecule has 0 radical (unpaired) electrons. The Hall–Kier alpha value is -2.29. The minimum absolute atomic E-state index is 0.0168. The number of hydrogen-bond donors (Lipinski definition) is 1. The maximum Gasteiger partial charge on any atom is 0.167 e. The molecule has 140 valence electrons. The molecule has 2 aromatic carbocycles. The van der Waals surface area contributed by atoms with Crippen molar-refractivity contribution < 1.29 is 14.6 Å². The molecule has 2 aromatic rings. The highest BCUT2D eigenvalue weighted by molar-refractivity contribution is 5.77. The summed E-state index contributed by atoms with van der Waals surface area (Å²) < 4.78 is 5.63. The summed E-state index contributed by atoms with van der Waals surface area (Å²) in [6, 6.07) is 9.95. The van der Waals surface area contributed by atoms with Crippen LogP contribution in [-0.4, -0.2) is 17.5 Å². The second-order valence-electron chi connectivity index (χ2n) is 7.68. The fourth-order valence-corrected chi connectivity index (χ4v) is 3.22. The molecule has 0 aromatic heterocycles. The Morgan fingerprint density at radius 2 is 1.69 bits per heavy atom. The van der Waals surface area contributed by atoms with Crippen LogP contribution in [0, 0.1) is 6.92 Å². The molecular formula is C23H30O3. The lowest BCUT2D eigenvalue weighted by molar-refractivity contribution is -0.118. The molecule has 0 unspecified atom stereocenters. The second-order valence-corrected chi connectivity index (χ2v) is 7.68. The molecule has 0 spiro atoms. The predicted octanol–water partition coefficient (Wildman–Crippen LogP) is 5.51. The highest BCUT2D eigenvalue weighted by atomic mass is 16.5. The van der Waals surface area contributed by atoms with E-state index in [2.05, 4.69) is 46.8 Å². The van der Waals surface area contributed by atoms with E-state index in [1.807, 2.05) is 12.1 Å². The molecule has 0 bridgehead atoms. The molecule has 1 N–H and O–H groups in total. The fraction of sp³-hybridized carbons (Fsp3) is 0.435. The zero-order chi connectivity index (χ0) is 19.4. The van der Waals surface area contributed by atoms with E-state index in [9.17, 15) is 9.90 Å². The molecule has 0 saturated heterocycles. The van der Waals surface area contributed by atoms with Gasteiger partial charge in [0.05, 0.1) is 0 Å². The lowest BCUT2D eigenvalue weighted by Gasteiger charge is -2.19. The summed E-state index contributed by atoms with van der Waals surface area (Å²) in [7, 11) is 0. The van der Waals surface area contributed by atoms with Crippen molar-refractivity contribution >= 4 is 5.78 Å². The minimum atomic E-state index is 0.0168. The zero-order valence-electron chi connectivity index (χ0n) is 16.7. The molecule has 0 aliphatic heterocycles. The van der Waals surface area contributed by atoms with E-state index in [-0.39, 0.29) is 18.3 Å². The number of ether oxygens (including phenoxy) is 1. The van der Waals surface area contributed by atoms with Gasteiger partial charge in [0, 0.05) is 0 Å². The van der Waals surface area contributed by atoms with Crippen molar-refractivity contribution in [3.8, 4) is 11.5 Å². The van der Waals surface area contributed by atoms with Crippen molar-refractivity contribution in [3.63, 3.8) is 0 Å². The van der Waals surface area contributed by atoms with Gasteiger partial charge in [0.25, 0.3) is 0 Å². The van der Waals surface area contributed by atoms with Gasteiger partial charge in [0.15, 0.2) is 5.78 Å². The number of carbonyl (C=O) groups excluding carboxylic acids is 1. The van der Waals surface area contributed by atoms with Gasteiger partial charge in [-0.05, 0) is 78.1 Å². The van der Waals surface area contributed by atoms with Crippen molar-refractivity contribution in [1.29, 1.82) is 0 Å². The number of ketones is 1. The van der Waals surface area contributed by atoms with Gasteiger partial charge in [-0.1, -0.05) is 39.8 Å². The number of carbonyl (C=O) groups is 1. The first kappa shape index (κ1) is 20.0. The van der Waals surface area contributed by atoms with Crippen LogP contribution in [0.2, 0.25) is 0 Å². The smallest absolute Gasteiger partial charge is 0.167 e. The summed E-state index contributed by atoms with van der Waals surface area (Å²) >= 11 is 0. The van der Waals surface area contributed by atoms with E-state index in [4.69, 9.17) is 4.74 Å². The number of phenols is 1. The number of Topliss-reactive ketones (excluding diaryl/α,β-unsaturated/α-hetero) is 1. The van der Waals surface area contributed by atoms with E-state index >= 15 is 0 Å². The van der Waals surface area contributed by atoms with Crippen LogP contribution < -0.4 is 4.74 Å².